The maximum atomic E-state index is 10.8. The van der Waals surface area contributed by atoms with Crippen LogP contribution in [0.2, 0.25) is 5.02 Å². The van der Waals surface area contributed by atoms with E-state index in [4.69, 9.17) is 11.6 Å². The molecule has 7 heteroatoms. The molecule has 0 bridgehead atoms. The van der Waals surface area contributed by atoms with Crippen molar-refractivity contribution in [2.24, 2.45) is 4.99 Å². The Labute approximate surface area is 130 Å². The topological polar surface area (TPSA) is 75.7 Å². The summed E-state index contributed by atoms with van der Waals surface area (Å²) in [5.41, 5.74) is 0.439. The Morgan fingerprint density at radius 1 is 1.38 bits per heavy atom. The molecule has 0 saturated carbocycles. The maximum absolute atomic E-state index is 10.8. The number of aliphatic imine (C=N–C) groups is 1. The van der Waals surface area contributed by atoms with Crippen molar-refractivity contribution in [1.29, 1.82) is 0 Å². The van der Waals surface area contributed by atoms with Crippen LogP contribution in [0.15, 0.2) is 46.3 Å². The zero-order valence-corrected chi connectivity index (χ0v) is 12.6. The van der Waals surface area contributed by atoms with Crippen LogP contribution in [0.25, 0.3) is 0 Å². The number of nitrogens with zero attached hydrogens (tertiary/aromatic N) is 2. The van der Waals surface area contributed by atoms with E-state index in [-0.39, 0.29) is 10.6 Å². The van der Waals surface area contributed by atoms with Crippen molar-refractivity contribution in [3.05, 3.63) is 57.1 Å². The fraction of sp³-hybridized carbons (Fsp3) is 0.0714. The number of nitro groups is 1. The van der Waals surface area contributed by atoms with E-state index >= 15 is 0 Å². The number of nitro benzene ring substituents is 1. The number of phenols is 1. The van der Waals surface area contributed by atoms with Crippen LogP contribution in [0.3, 0.4) is 0 Å². The molecule has 0 radical (unpaired) electrons. The van der Waals surface area contributed by atoms with Crippen LogP contribution in [-0.4, -0.2) is 22.5 Å². The molecular formula is C14H11ClN2O3S. The van der Waals surface area contributed by atoms with Gasteiger partial charge in [0.05, 0.1) is 10.6 Å². The van der Waals surface area contributed by atoms with Gasteiger partial charge in [-0.25, -0.2) is 0 Å². The van der Waals surface area contributed by atoms with Gasteiger partial charge in [0.25, 0.3) is 0 Å². The Hall–Kier alpha value is -2.05. The van der Waals surface area contributed by atoms with Gasteiger partial charge in [0.15, 0.2) is 0 Å². The number of aromatic hydroxyl groups is 1. The van der Waals surface area contributed by atoms with Crippen LogP contribution in [-0.2, 0) is 0 Å². The molecule has 2 rings (SSSR count). The Kier molecular flexibility index (Phi) is 4.82. The highest BCUT2D eigenvalue weighted by Crippen LogP contribution is 2.32. The molecule has 0 spiro atoms. The third-order valence-corrected chi connectivity index (χ3v) is 3.63. The van der Waals surface area contributed by atoms with E-state index in [1.165, 1.54) is 12.3 Å². The number of hydrogen-bond donors (Lipinski definition) is 1. The van der Waals surface area contributed by atoms with Crippen molar-refractivity contribution in [3.63, 3.8) is 0 Å². The number of thioether (sulfide) groups is 1. The summed E-state index contributed by atoms with van der Waals surface area (Å²) >= 11 is 7.40. The normalized spacial score (nSPS) is 11.0. The molecule has 0 aliphatic rings. The second-order valence-corrected chi connectivity index (χ2v) is 5.40. The lowest BCUT2D eigenvalue weighted by atomic mass is 10.2. The molecule has 0 aliphatic heterocycles. The summed E-state index contributed by atoms with van der Waals surface area (Å²) in [5.74, 6) is -0.450. The van der Waals surface area contributed by atoms with Crippen molar-refractivity contribution in [3.8, 4) is 5.75 Å². The molecule has 0 aromatic heterocycles. The van der Waals surface area contributed by atoms with Gasteiger partial charge >= 0.3 is 5.69 Å². The summed E-state index contributed by atoms with van der Waals surface area (Å²) in [5, 5.41) is 20.9. The highest BCUT2D eigenvalue weighted by molar-refractivity contribution is 7.98. The Morgan fingerprint density at radius 3 is 2.81 bits per heavy atom. The Balaban J connectivity index is 2.38. The minimum atomic E-state index is -0.688. The van der Waals surface area contributed by atoms with Gasteiger partial charge in [-0.15, -0.1) is 11.8 Å². The van der Waals surface area contributed by atoms with Crippen molar-refractivity contribution in [2.75, 3.05) is 6.26 Å². The molecular weight excluding hydrogens is 312 g/mol. The summed E-state index contributed by atoms with van der Waals surface area (Å²) in [6, 6.07) is 10.0. The molecule has 108 valence electrons. The summed E-state index contributed by atoms with van der Waals surface area (Å²) in [6.45, 7) is 0. The smallest absolute Gasteiger partial charge is 0.312 e. The van der Waals surface area contributed by atoms with Crippen molar-refractivity contribution in [1.82, 2.24) is 0 Å². The van der Waals surface area contributed by atoms with Gasteiger partial charge in [-0.3, -0.25) is 15.1 Å². The van der Waals surface area contributed by atoms with Crippen LogP contribution in [0, 0.1) is 10.1 Å². The third-order valence-electron chi connectivity index (χ3n) is 2.69. The van der Waals surface area contributed by atoms with Gasteiger partial charge in [0, 0.05) is 27.8 Å². The third kappa shape index (κ3) is 3.74. The SMILES string of the molecule is CSc1cccc(N=Cc2cc(Cl)cc([N+](=O)[O-])c2O)c1. The van der Waals surface area contributed by atoms with Gasteiger partial charge in [-0.1, -0.05) is 17.7 Å². The molecule has 0 aliphatic carbocycles. The molecule has 0 saturated heterocycles. The van der Waals surface area contributed by atoms with Crippen LogP contribution in [0.4, 0.5) is 11.4 Å². The molecule has 0 atom stereocenters. The number of halogens is 1. The molecule has 21 heavy (non-hydrogen) atoms. The Bertz CT molecular complexity index is 719. The van der Waals surface area contributed by atoms with E-state index in [2.05, 4.69) is 4.99 Å². The predicted molar refractivity (Wildman–Crippen MR) is 85.2 cm³/mol. The lowest BCUT2D eigenvalue weighted by Crippen LogP contribution is -1.92. The molecule has 0 unspecified atom stereocenters. The predicted octanol–water partition coefficient (Wildman–Crippen LogP) is 4.43. The second-order valence-electron chi connectivity index (χ2n) is 4.08. The first-order valence-corrected chi connectivity index (χ1v) is 7.46. The fourth-order valence-electron chi connectivity index (χ4n) is 1.68. The van der Waals surface area contributed by atoms with E-state index in [0.717, 1.165) is 11.0 Å². The minimum absolute atomic E-state index is 0.166. The largest absolute Gasteiger partial charge is 0.502 e. The molecule has 0 fully saturated rings. The molecule has 1 N–H and O–H groups in total. The zero-order chi connectivity index (χ0) is 15.4. The molecule has 0 amide bonds. The highest BCUT2D eigenvalue weighted by atomic mass is 35.5. The Morgan fingerprint density at radius 2 is 2.14 bits per heavy atom. The van der Waals surface area contributed by atoms with Crippen LogP contribution < -0.4 is 0 Å². The highest BCUT2D eigenvalue weighted by Gasteiger charge is 2.17. The monoisotopic (exact) mass is 322 g/mol. The lowest BCUT2D eigenvalue weighted by molar-refractivity contribution is -0.385. The van der Waals surface area contributed by atoms with E-state index < -0.39 is 16.4 Å². The maximum Gasteiger partial charge on any atom is 0.312 e. The van der Waals surface area contributed by atoms with Gasteiger partial charge in [0.2, 0.25) is 5.75 Å². The first-order chi connectivity index (χ1) is 10.0. The van der Waals surface area contributed by atoms with Crippen molar-refractivity contribution in [2.45, 2.75) is 4.90 Å². The lowest BCUT2D eigenvalue weighted by Gasteiger charge is -2.02. The molecule has 2 aromatic rings. The van der Waals surface area contributed by atoms with Crippen LogP contribution >= 0.6 is 23.4 Å². The number of benzene rings is 2. The minimum Gasteiger partial charge on any atom is -0.502 e. The first kappa shape index (κ1) is 15.3. The summed E-state index contributed by atoms with van der Waals surface area (Å²) in [4.78, 5) is 15.4. The average Bonchev–Trinajstić information content (AvgIpc) is 2.47. The average molecular weight is 323 g/mol. The summed E-state index contributed by atoms with van der Waals surface area (Å²) in [7, 11) is 0. The summed E-state index contributed by atoms with van der Waals surface area (Å²) in [6.07, 6.45) is 3.31. The number of rotatable bonds is 4. The number of phenolic OH excluding ortho intramolecular Hbond substituents is 1. The quantitative estimate of drug-likeness (QED) is 0.391. The molecule has 0 heterocycles. The van der Waals surface area contributed by atoms with Gasteiger partial charge in [-0.05, 0) is 30.5 Å². The van der Waals surface area contributed by atoms with Gasteiger partial charge < -0.3 is 5.11 Å². The standard InChI is InChI=1S/C14H11ClN2O3S/c1-21-12-4-2-3-11(7-12)16-8-9-5-10(15)6-13(14(9)18)17(19)20/h2-8,18H,1H3. The van der Waals surface area contributed by atoms with Gasteiger partial charge in [-0.2, -0.15) is 0 Å². The summed E-state index contributed by atoms with van der Waals surface area (Å²) < 4.78 is 0. The first-order valence-electron chi connectivity index (χ1n) is 5.86. The van der Waals surface area contributed by atoms with Crippen LogP contribution in [0.1, 0.15) is 5.56 Å². The van der Waals surface area contributed by atoms with E-state index in [1.807, 2.05) is 24.5 Å². The van der Waals surface area contributed by atoms with E-state index in [1.54, 1.807) is 17.8 Å². The number of hydrogen-bond acceptors (Lipinski definition) is 5. The van der Waals surface area contributed by atoms with Gasteiger partial charge in [0.1, 0.15) is 0 Å². The molecule has 5 nitrogen and oxygen atoms in total. The fourth-order valence-corrected chi connectivity index (χ4v) is 2.35. The zero-order valence-electron chi connectivity index (χ0n) is 11.0. The van der Waals surface area contributed by atoms with Crippen molar-refractivity contribution >= 4 is 41.0 Å². The van der Waals surface area contributed by atoms with Crippen LogP contribution in [0.5, 0.6) is 5.75 Å². The van der Waals surface area contributed by atoms with E-state index in [0.29, 0.717) is 5.69 Å². The second kappa shape index (κ2) is 6.60. The van der Waals surface area contributed by atoms with Crippen molar-refractivity contribution < 1.29 is 10.0 Å². The molecule has 2 aromatic carbocycles. The van der Waals surface area contributed by atoms with E-state index in [9.17, 15) is 15.2 Å².